The minimum absolute atomic E-state index is 0.209. The first-order valence-corrected chi connectivity index (χ1v) is 4.73. The lowest BCUT2D eigenvalue weighted by Crippen LogP contribution is -2.56. The number of hydrogen-bond acceptors (Lipinski definition) is 1. The van der Waals surface area contributed by atoms with Gasteiger partial charge >= 0.3 is 6.18 Å². The summed E-state index contributed by atoms with van der Waals surface area (Å²) in [6.07, 6.45) is -1.98. The Hall–Kier alpha value is -0.250. The van der Waals surface area contributed by atoms with Gasteiger partial charge in [0.2, 0.25) is 0 Å². The maximum atomic E-state index is 12.7. The van der Waals surface area contributed by atoms with Crippen molar-refractivity contribution in [3.05, 3.63) is 0 Å². The third-order valence-corrected chi connectivity index (χ3v) is 2.72. The maximum Gasteiger partial charge on any atom is 0.406 e. The van der Waals surface area contributed by atoms with Crippen molar-refractivity contribution in [2.75, 3.05) is 6.54 Å². The van der Waals surface area contributed by atoms with Crippen molar-refractivity contribution in [1.29, 1.82) is 0 Å². The van der Waals surface area contributed by atoms with Crippen LogP contribution >= 0.6 is 0 Å². The van der Waals surface area contributed by atoms with E-state index in [4.69, 9.17) is 0 Å². The molecule has 1 atom stereocenters. The SMILES string of the molecule is CCCNC(C)(C1CC1)C(F)(F)F. The lowest BCUT2D eigenvalue weighted by molar-refractivity contribution is -0.197. The van der Waals surface area contributed by atoms with Gasteiger partial charge in [-0.2, -0.15) is 13.2 Å². The van der Waals surface area contributed by atoms with Crippen molar-refractivity contribution in [3.8, 4) is 0 Å². The first kappa shape index (κ1) is 10.8. The summed E-state index contributed by atoms with van der Waals surface area (Å²) in [5.41, 5.74) is -1.65. The highest BCUT2D eigenvalue weighted by Crippen LogP contribution is 2.47. The van der Waals surface area contributed by atoms with E-state index in [1.54, 1.807) is 0 Å². The fourth-order valence-corrected chi connectivity index (χ4v) is 1.52. The van der Waals surface area contributed by atoms with Gasteiger partial charge in [0.1, 0.15) is 5.54 Å². The van der Waals surface area contributed by atoms with E-state index >= 15 is 0 Å². The Morgan fingerprint density at radius 3 is 2.15 bits per heavy atom. The van der Waals surface area contributed by atoms with Crippen LogP contribution in [-0.2, 0) is 0 Å². The van der Waals surface area contributed by atoms with Gasteiger partial charge in [0.15, 0.2) is 0 Å². The predicted molar refractivity (Wildman–Crippen MR) is 45.5 cm³/mol. The second kappa shape index (κ2) is 3.48. The molecule has 13 heavy (non-hydrogen) atoms. The van der Waals surface area contributed by atoms with E-state index < -0.39 is 11.7 Å². The Morgan fingerprint density at radius 2 is 1.85 bits per heavy atom. The zero-order valence-electron chi connectivity index (χ0n) is 8.04. The zero-order chi connectivity index (χ0) is 10.1. The van der Waals surface area contributed by atoms with Gasteiger partial charge in [0, 0.05) is 0 Å². The molecule has 0 saturated heterocycles. The Labute approximate surface area is 76.7 Å². The summed E-state index contributed by atoms with van der Waals surface area (Å²) in [7, 11) is 0. The largest absolute Gasteiger partial charge is 0.406 e. The van der Waals surface area contributed by atoms with Crippen LogP contribution < -0.4 is 5.32 Å². The molecule has 0 heterocycles. The normalized spacial score (nSPS) is 22.8. The summed E-state index contributed by atoms with van der Waals surface area (Å²) in [6.45, 7) is 3.59. The molecule has 1 unspecified atom stereocenters. The fourth-order valence-electron chi connectivity index (χ4n) is 1.52. The quantitative estimate of drug-likeness (QED) is 0.727. The highest BCUT2D eigenvalue weighted by atomic mass is 19.4. The van der Waals surface area contributed by atoms with Crippen LogP contribution in [0, 0.1) is 5.92 Å². The van der Waals surface area contributed by atoms with E-state index in [2.05, 4.69) is 5.32 Å². The first-order chi connectivity index (χ1) is 5.92. The van der Waals surface area contributed by atoms with Crippen LogP contribution in [-0.4, -0.2) is 18.3 Å². The highest BCUT2D eigenvalue weighted by Gasteiger charge is 2.58. The van der Waals surface area contributed by atoms with Gasteiger partial charge in [-0.25, -0.2) is 0 Å². The van der Waals surface area contributed by atoms with E-state index in [0.717, 1.165) is 6.42 Å². The van der Waals surface area contributed by atoms with E-state index in [-0.39, 0.29) is 5.92 Å². The van der Waals surface area contributed by atoms with Gasteiger partial charge in [0.25, 0.3) is 0 Å². The summed E-state index contributed by atoms with van der Waals surface area (Å²) in [5, 5.41) is 2.62. The van der Waals surface area contributed by atoms with Gasteiger partial charge in [-0.3, -0.25) is 0 Å². The van der Waals surface area contributed by atoms with E-state index in [1.807, 2.05) is 6.92 Å². The molecule has 1 fully saturated rings. The molecule has 1 saturated carbocycles. The van der Waals surface area contributed by atoms with E-state index in [0.29, 0.717) is 19.4 Å². The molecule has 0 aliphatic heterocycles. The van der Waals surface area contributed by atoms with Crippen molar-refractivity contribution in [2.45, 2.75) is 44.8 Å². The number of hydrogen-bond donors (Lipinski definition) is 1. The summed E-state index contributed by atoms with van der Waals surface area (Å²) in [4.78, 5) is 0. The number of alkyl halides is 3. The van der Waals surface area contributed by atoms with Crippen molar-refractivity contribution in [3.63, 3.8) is 0 Å². The van der Waals surface area contributed by atoms with E-state index in [9.17, 15) is 13.2 Å². The topological polar surface area (TPSA) is 12.0 Å². The second-order valence-corrected chi connectivity index (χ2v) is 3.90. The average molecular weight is 195 g/mol. The minimum atomic E-state index is -4.12. The first-order valence-electron chi connectivity index (χ1n) is 4.73. The number of halogens is 3. The van der Waals surface area contributed by atoms with Crippen LogP contribution in [0.2, 0.25) is 0 Å². The minimum Gasteiger partial charge on any atom is -0.304 e. The third-order valence-electron chi connectivity index (χ3n) is 2.72. The molecule has 1 nitrogen and oxygen atoms in total. The Kier molecular flexibility index (Phi) is 2.90. The molecule has 0 aromatic carbocycles. The number of nitrogens with one attached hydrogen (secondary N) is 1. The molecule has 0 spiro atoms. The maximum absolute atomic E-state index is 12.7. The van der Waals surface area contributed by atoms with E-state index in [1.165, 1.54) is 6.92 Å². The Morgan fingerprint density at radius 1 is 1.31 bits per heavy atom. The lowest BCUT2D eigenvalue weighted by atomic mass is 9.95. The fraction of sp³-hybridized carbons (Fsp3) is 1.00. The van der Waals surface area contributed by atoms with Crippen molar-refractivity contribution >= 4 is 0 Å². The summed E-state index contributed by atoms with van der Waals surface area (Å²) < 4.78 is 38.0. The Bertz CT molecular complexity index is 174. The average Bonchev–Trinajstić information content (AvgIpc) is 2.80. The van der Waals surface area contributed by atoms with Gasteiger partial charge in [-0.1, -0.05) is 6.92 Å². The third kappa shape index (κ3) is 2.16. The van der Waals surface area contributed by atoms with Crippen molar-refractivity contribution in [2.24, 2.45) is 5.92 Å². The second-order valence-electron chi connectivity index (χ2n) is 3.90. The van der Waals surface area contributed by atoms with Crippen LogP contribution in [0.1, 0.15) is 33.1 Å². The molecule has 4 heteroatoms. The molecular formula is C9H16F3N. The molecule has 1 aliphatic carbocycles. The Balaban J connectivity index is 2.63. The predicted octanol–water partition coefficient (Wildman–Crippen LogP) is 2.72. The van der Waals surface area contributed by atoms with Crippen molar-refractivity contribution in [1.82, 2.24) is 5.32 Å². The van der Waals surface area contributed by atoms with Crippen LogP contribution in [0.15, 0.2) is 0 Å². The highest BCUT2D eigenvalue weighted by molar-refractivity contribution is 5.02. The van der Waals surface area contributed by atoms with Crippen LogP contribution in [0.5, 0.6) is 0 Å². The van der Waals surface area contributed by atoms with Crippen molar-refractivity contribution < 1.29 is 13.2 Å². The summed E-state index contributed by atoms with van der Waals surface area (Å²) in [5.74, 6) is -0.209. The molecule has 78 valence electrons. The van der Waals surface area contributed by atoms with Crippen LogP contribution in [0.25, 0.3) is 0 Å². The standard InChI is InChI=1S/C9H16F3N/c1-3-6-13-8(2,7-4-5-7)9(10,11)12/h7,13H,3-6H2,1-2H3. The van der Waals surface area contributed by atoms with Gasteiger partial charge < -0.3 is 5.32 Å². The molecule has 1 aliphatic rings. The smallest absolute Gasteiger partial charge is 0.304 e. The van der Waals surface area contributed by atoms with Gasteiger partial charge in [0.05, 0.1) is 0 Å². The molecular weight excluding hydrogens is 179 g/mol. The molecule has 1 rings (SSSR count). The van der Waals surface area contributed by atoms with Crippen LogP contribution in [0.4, 0.5) is 13.2 Å². The van der Waals surface area contributed by atoms with Crippen LogP contribution in [0.3, 0.4) is 0 Å². The molecule has 0 radical (unpaired) electrons. The van der Waals surface area contributed by atoms with Gasteiger partial charge in [-0.15, -0.1) is 0 Å². The lowest BCUT2D eigenvalue weighted by Gasteiger charge is -2.33. The number of rotatable bonds is 4. The summed E-state index contributed by atoms with van der Waals surface area (Å²) in [6, 6.07) is 0. The molecule has 0 amide bonds. The monoisotopic (exact) mass is 195 g/mol. The molecule has 0 aromatic heterocycles. The zero-order valence-corrected chi connectivity index (χ0v) is 8.04. The van der Waals surface area contributed by atoms with Gasteiger partial charge in [-0.05, 0) is 38.6 Å². The summed E-state index contributed by atoms with van der Waals surface area (Å²) >= 11 is 0. The molecule has 1 N–H and O–H groups in total. The molecule has 0 aromatic rings. The molecule has 0 bridgehead atoms.